The van der Waals surface area contributed by atoms with E-state index in [4.69, 9.17) is 9.47 Å². The molecule has 0 aliphatic heterocycles. The molecule has 2 aromatic carbocycles. The van der Waals surface area contributed by atoms with Crippen LogP contribution < -0.4 is 25.0 Å². The summed E-state index contributed by atoms with van der Waals surface area (Å²) < 4.78 is 10.6. The van der Waals surface area contributed by atoms with Crippen molar-refractivity contribution >= 4 is 29.0 Å². The Morgan fingerprint density at radius 1 is 0.938 bits per heavy atom. The SMILES string of the molecule is CCN(CC)c1cc(C)nc(Nc2ccc(NC(=O)COc3ccc(OC)cc3)cc2)n1. The second kappa shape index (κ2) is 11.0. The van der Waals surface area contributed by atoms with Gasteiger partial charge in [0, 0.05) is 36.2 Å². The molecule has 0 atom stereocenters. The molecule has 1 amide bonds. The molecule has 2 N–H and O–H groups in total. The van der Waals surface area contributed by atoms with Crippen LogP contribution in [-0.2, 0) is 4.79 Å². The number of carbonyl (C=O) groups excluding carboxylic acids is 1. The Morgan fingerprint density at radius 2 is 1.56 bits per heavy atom. The molecule has 1 heterocycles. The van der Waals surface area contributed by atoms with Crippen molar-refractivity contribution in [3.63, 3.8) is 0 Å². The molecule has 0 unspecified atom stereocenters. The van der Waals surface area contributed by atoms with Gasteiger partial charge in [0.15, 0.2) is 6.61 Å². The molecule has 1 aromatic heterocycles. The molecule has 8 nitrogen and oxygen atoms in total. The van der Waals surface area contributed by atoms with Gasteiger partial charge in [0.25, 0.3) is 5.91 Å². The number of carbonyl (C=O) groups is 1. The summed E-state index contributed by atoms with van der Waals surface area (Å²) in [5.74, 6) is 2.52. The van der Waals surface area contributed by atoms with Gasteiger partial charge < -0.3 is 25.0 Å². The minimum Gasteiger partial charge on any atom is -0.497 e. The normalized spacial score (nSPS) is 10.4. The van der Waals surface area contributed by atoms with E-state index in [1.54, 1.807) is 31.4 Å². The van der Waals surface area contributed by atoms with Gasteiger partial charge in [0.2, 0.25) is 5.95 Å². The zero-order valence-electron chi connectivity index (χ0n) is 18.9. The minimum atomic E-state index is -0.243. The first-order valence-corrected chi connectivity index (χ1v) is 10.5. The summed E-state index contributed by atoms with van der Waals surface area (Å²) in [6.07, 6.45) is 0. The Balaban J connectivity index is 1.56. The standard InChI is InChI=1S/C24H29N5O3/c1-5-29(6-2)22-15-17(3)25-24(28-22)27-19-9-7-18(8-10-19)26-23(30)16-32-21-13-11-20(31-4)12-14-21/h7-15H,5-6,16H2,1-4H3,(H,26,30)(H,25,27,28). The van der Waals surface area contributed by atoms with Crippen molar-refractivity contribution < 1.29 is 14.3 Å². The van der Waals surface area contributed by atoms with E-state index in [1.165, 1.54) is 0 Å². The lowest BCUT2D eigenvalue weighted by atomic mass is 10.3. The van der Waals surface area contributed by atoms with Crippen LogP contribution in [0.3, 0.4) is 0 Å². The molecule has 3 aromatic rings. The van der Waals surface area contributed by atoms with E-state index in [0.717, 1.165) is 36.0 Å². The number of rotatable bonds is 10. The third-order valence-electron chi connectivity index (χ3n) is 4.78. The maximum atomic E-state index is 12.2. The van der Waals surface area contributed by atoms with Crippen LogP contribution in [0.4, 0.5) is 23.1 Å². The van der Waals surface area contributed by atoms with Crippen LogP contribution in [0.15, 0.2) is 54.6 Å². The van der Waals surface area contributed by atoms with E-state index in [1.807, 2.05) is 37.3 Å². The van der Waals surface area contributed by atoms with Crippen LogP contribution in [0.2, 0.25) is 0 Å². The Kier molecular flexibility index (Phi) is 7.85. The van der Waals surface area contributed by atoms with Crippen molar-refractivity contribution in [2.75, 3.05) is 42.3 Å². The fourth-order valence-electron chi connectivity index (χ4n) is 3.10. The zero-order chi connectivity index (χ0) is 22.9. The molecule has 0 aliphatic rings. The number of hydrogen-bond donors (Lipinski definition) is 2. The van der Waals surface area contributed by atoms with Gasteiger partial charge in [0.05, 0.1) is 7.11 Å². The van der Waals surface area contributed by atoms with Crippen LogP contribution in [0.5, 0.6) is 11.5 Å². The summed E-state index contributed by atoms with van der Waals surface area (Å²) in [4.78, 5) is 23.4. The monoisotopic (exact) mass is 435 g/mol. The quantitative estimate of drug-likeness (QED) is 0.488. The number of amides is 1. The molecule has 0 bridgehead atoms. The average Bonchev–Trinajstić information content (AvgIpc) is 2.80. The largest absolute Gasteiger partial charge is 0.497 e. The Bertz CT molecular complexity index is 1020. The molecule has 0 saturated carbocycles. The topological polar surface area (TPSA) is 88.6 Å². The molecule has 0 aliphatic carbocycles. The predicted molar refractivity (Wildman–Crippen MR) is 127 cm³/mol. The van der Waals surface area contributed by atoms with E-state index in [-0.39, 0.29) is 12.5 Å². The highest BCUT2D eigenvalue weighted by molar-refractivity contribution is 5.92. The third-order valence-corrected chi connectivity index (χ3v) is 4.78. The fourth-order valence-corrected chi connectivity index (χ4v) is 3.10. The summed E-state index contributed by atoms with van der Waals surface area (Å²) in [5, 5.41) is 6.05. The van der Waals surface area contributed by atoms with Gasteiger partial charge in [-0.05, 0) is 69.3 Å². The van der Waals surface area contributed by atoms with E-state index in [9.17, 15) is 4.79 Å². The molecule has 8 heteroatoms. The van der Waals surface area contributed by atoms with E-state index in [0.29, 0.717) is 17.4 Å². The number of aryl methyl sites for hydroxylation is 1. The number of ether oxygens (including phenoxy) is 2. The number of anilines is 4. The zero-order valence-corrected chi connectivity index (χ0v) is 18.9. The number of hydrogen-bond acceptors (Lipinski definition) is 7. The lowest BCUT2D eigenvalue weighted by molar-refractivity contribution is -0.118. The summed E-state index contributed by atoms with van der Waals surface area (Å²) in [5.41, 5.74) is 2.39. The molecule has 0 saturated heterocycles. The summed E-state index contributed by atoms with van der Waals surface area (Å²) in [6, 6.07) is 16.4. The van der Waals surface area contributed by atoms with Crippen molar-refractivity contribution in [3.8, 4) is 11.5 Å². The molecule has 0 radical (unpaired) electrons. The predicted octanol–water partition coefficient (Wildman–Crippen LogP) is 4.40. The lowest BCUT2D eigenvalue weighted by Gasteiger charge is -2.20. The highest BCUT2D eigenvalue weighted by Gasteiger charge is 2.09. The second-order valence-electron chi connectivity index (χ2n) is 7.08. The summed E-state index contributed by atoms with van der Waals surface area (Å²) >= 11 is 0. The number of benzene rings is 2. The van der Waals surface area contributed by atoms with Crippen molar-refractivity contribution in [1.29, 1.82) is 0 Å². The number of nitrogens with zero attached hydrogens (tertiary/aromatic N) is 3. The van der Waals surface area contributed by atoms with Gasteiger partial charge in [-0.3, -0.25) is 4.79 Å². The smallest absolute Gasteiger partial charge is 0.262 e. The summed E-state index contributed by atoms with van der Waals surface area (Å²) in [7, 11) is 1.60. The molecular weight excluding hydrogens is 406 g/mol. The molecular formula is C24H29N5O3. The van der Waals surface area contributed by atoms with Gasteiger partial charge in [0.1, 0.15) is 17.3 Å². The fraction of sp³-hybridized carbons (Fsp3) is 0.292. The maximum absolute atomic E-state index is 12.2. The van der Waals surface area contributed by atoms with Gasteiger partial charge in [-0.2, -0.15) is 4.98 Å². The average molecular weight is 436 g/mol. The van der Waals surface area contributed by atoms with Gasteiger partial charge in [-0.15, -0.1) is 0 Å². The second-order valence-corrected chi connectivity index (χ2v) is 7.08. The Morgan fingerprint density at radius 3 is 2.19 bits per heavy atom. The van der Waals surface area contributed by atoms with Crippen molar-refractivity contribution in [1.82, 2.24) is 9.97 Å². The van der Waals surface area contributed by atoms with Crippen LogP contribution in [-0.4, -0.2) is 42.7 Å². The van der Waals surface area contributed by atoms with E-state index >= 15 is 0 Å². The summed E-state index contributed by atoms with van der Waals surface area (Å²) in [6.45, 7) is 7.82. The van der Waals surface area contributed by atoms with Crippen molar-refractivity contribution in [3.05, 3.63) is 60.3 Å². The lowest BCUT2D eigenvalue weighted by Crippen LogP contribution is -2.23. The van der Waals surface area contributed by atoms with Gasteiger partial charge in [-0.25, -0.2) is 4.98 Å². The number of nitrogens with one attached hydrogen (secondary N) is 2. The van der Waals surface area contributed by atoms with E-state index in [2.05, 4.69) is 39.3 Å². The van der Waals surface area contributed by atoms with Gasteiger partial charge in [-0.1, -0.05) is 0 Å². The van der Waals surface area contributed by atoms with Crippen LogP contribution in [0.1, 0.15) is 19.5 Å². The molecule has 0 fully saturated rings. The van der Waals surface area contributed by atoms with Crippen LogP contribution in [0, 0.1) is 6.92 Å². The van der Waals surface area contributed by atoms with Crippen molar-refractivity contribution in [2.45, 2.75) is 20.8 Å². The first kappa shape index (κ1) is 22.9. The molecule has 32 heavy (non-hydrogen) atoms. The van der Waals surface area contributed by atoms with Gasteiger partial charge >= 0.3 is 0 Å². The first-order valence-electron chi connectivity index (χ1n) is 10.5. The maximum Gasteiger partial charge on any atom is 0.262 e. The van der Waals surface area contributed by atoms with Crippen LogP contribution >= 0.6 is 0 Å². The highest BCUT2D eigenvalue weighted by atomic mass is 16.5. The molecule has 168 valence electrons. The molecule has 3 rings (SSSR count). The highest BCUT2D eigenvalue weighted by Crippen LogP contribution is 2.20. The number of aromatic nitrogens is 2. The minimum absolute atomic E-state index is 0.0857. The van der Waals surface area contributed by atoms with Crippen molar-refractivity contribution in [2.24, 2.45) is 0 Å². The van der Waals surface area contributed by atoms with E-state index < -0.39 is 0 Å². The van der Waals surface area contributed by atoms with Crippen LogP contribution in [0.25, 0.3) is 0 Å². The Hall–Kier alpha value is -3.81. The molecule has 0 spiro atoms. The third kappa shape index (κ3) is 6.34. The number of methoxy groups -OCH3 is 1. The Labute approximate surface area is 188 Å². The first-order chi connectivity index (χ1) is 15.5.